The molecule has 0 spiro atoms. The fourth-order valence-electron chi connectivity index (χ4n) is 3.81. The second-order valence-corrected chi connectivity index (χ2v) is 7.47. The van der Waals surface area contributed by atoms with Gasteiger partial charge in [0.25, 0.3) is 0 Å². The number of hydrogen-bond donors (Lipinski definition) is 2. The van der Waals surface area contributed by atoms with E-state index in [0.717, 1.165) is 30.1 Å². The molecule has 0 aromatic heterocycles. The number of carbonyl (C=O) groups is 1. The fourth-order valence-corrected chi connectivity index (χ4v) is 3.81. The van der Waals surface area contributed by atoms with Crippen molar-refractivity contribution in [1.29, 1.82) is 0 Å². The lowest BCUT2D eigenvalue weighted by Crippen LogP contribution is -2.23. The SMILES string of the molecule is CC[C@H]1CC[C@H](Oc2ccc(-c3cccc(CNCC(=O)O)c3F)cc2)CC1. The summed E-state index contributed by atoms with van der Waals surface area (Å²) in [7, 11) is 0. The van der Waals surface area contributed by atoms with Gasteiger partial charge < -0.3 is 15.2 Å². The summed E-state index contributed by atoms with van der Waals surface area (Å²) in [5.74, 6) is 0.369. The number of hydrogen-bond acceptors (Lipinski definition) is 3. The van der Waals surface area contributed by atoms with E-state index in [0.29, 0.717) is 11.1 Å². The molecule has 2 N–H and O–H groups in total. The molecular formula is C23H28FNO3. The third-order valence-electron chi connectivity index (χ3n) is 5.51. The molecular weight excluding hydrogens is 357 g/mol. The smallest absolute Gasteiger partial charge is 0.317 e. The molecule has 0 radical (unpaired) electrons. The summed E-state index contributed by atoms with van der Waals surface area (Å²) in [5.41, 5.74) is 1.73. The summed E-state index contributed by atoms with van der Waals surface area (Å²) in [6.45, 7) is 2.23. The first-order valence-electron chi connectivity index (χ1n) is 10.0. The third kappa shape index (κ3) is 5.32. The molecule has 0 unspecified atom stereocenters. The van der Waals surface area contributed by atoms with Crippen LogP contribution >= 0.6 is 0 Å². The number of aliphatic carboxylic acids is 1. The summed E-state index contributed by atoms with van der Waals surface area (Å²) >= 11 is 0. The molecule has 3 rings (SSSR count). The average Bonchev–Trinajstić information content (AvgIpc) is 2.70. The van der Waals surface area contributed by atoms with E-state index in [1.165, 1.54) is 19.3 Å². The van der Waals surface area contributed by atoms with E-state index < -0.39 is 5.97 Å². The molecule has 2 aromatic carbocycles. The highest BCUT2D eigenvalue weighted by molar-refractivity contribution is 5.69. The zero-order valence-electron chi connectivity index (χ0n) is 16.3. The van der Waals surface area contributed by atoms with E-state index in [-0.39, 0.29) is 25.0 Å². The number of halogens is 1. The van der Waals surface area contributed by atoms with Crippen LogP contribution in [0.2, 0.25) is 0 Å². The maximum absolute atomic E-state index is 14.8. The quantitative estimate of drug-likeness (QED) is 0.670. The van der Waals surface area contributed by atoms with Crippen molar-refractivity contribution in [2.24, 2.45) is 5.92 Å². The van der Waals surface area contributed by atoms with Gasteiger partial charge in [-0.2, -0.15) is 0 Å². The highest BCUT2D eigenvalue weighted by Crippen LogP contribution is 2.31. The van der Waals surface area contributed by atoms with Gasteiger partial charge in [-0.25, -0.2) is 4.39 Å². The molecule has 1 saturated carbocycles. The van der Waals surface area contributed by atoms with Crippen LogP contribution in [0, 0.1) is 11.7 Å². The summed E-state index contributed by atoms with van der Waals surface area (Å²) < 4.78 is 20.9. The van der Waals surface area contributed by atoms with Crippen molar-refractivity contribution in [2.45, 2.75) is 51.7 Å². The van der Waals surface area contributed by atoms with E-state index in [2.05, 4.69) is 12.2 Å². The highest BCUT2D eigenvalue weighted by Gasteiger charge is 2.21. The predicted octanol–water partition coefficient (Wildman–Crippen LogP) is 5.01. The van der Waals surface area contributed by atoms with Crippen LogP contribution in [-0.2, 0) is 11.3 Å². The minimum absolute atomic E-state index is 0.174. The van der Waals surface area contributed by atoms with Gasteiger partial charge in [-0.3, -0.25) is 4.79 Å². The molecule has 1 aliphatic rings. The Hall–Kier alpha value is -2.40. The Morgan fingerprint density at radius 3 is 2.50 bits per heavy atom. The largest absolute Gasteiger partial charge is 0.490 e. The summed E-state index contributed by atoms with van der Waals surface area (Å²) in [6.07, 6.45) is 6.17. The van der Waals surface area contributed by atoms with Crippen molar-refractivity contribution in [2.75, 3.05) is 6.54 Å². The Balaban J connectivity index is 1.64. The lowest BCUT2D eigenvalue weighted by molar-refractivity contribution is -0.136. The Labute approximate surface area is 165 Å². The molecule has 0 bridgehead atoms. The molecule has 4 nitrogen and oxygen atoms in total. The Morgan fingerprint density at radius 1 is 1.14 bits per heavy atom. The maximum Gasteiger partial charge on any atom is 0.317 e. The van der Waals surface area contributed by atoms with Gasteiger partial charge in [-0.15, -0.1) is 0 Å². The van der Waals surface area contributed by atoms with Crippen LogP contribution in [-0.4, -0.2) is 23.7 Å². The predicted molar refractivity (Wildman–Crippen MR) is 108 cm³/mol. The van der Waals surface area contributed by atoms with Gasteiger partial charge in [0.05, 0.1) is 12.6 Å². The van der Waals surface area contributed by atoms with E-state index in [1.807, 2.05) is 24.3 Å². The van der Waals surface area contributed by atoms with Gasteiger partial charge in [0, 0.05) is 17.7 Å². The number of rotatable bonds is 8. The van der Waals surface area contributed by atoms with Gasteiger partial charge in [-0.1, -0.05) is 43.7 Å². The standard InChI is InChI=1S/C23H28FNO3/c1-2-16-6-10-19(11-7-16)28-20-12-8-17(9-13-20)21-5-3-4-18(23(21)24)14-25-15-22(26)27/h3-5,8-9,12-13,16,19,25H,2,6-7,10-11,14-15H2,1H3,(H,26,27)/t16-,19-. The molecule has 1 aliphatic carbocycles. The number of nitrogens with one attached hydrogen (secondary N) is 1. The zero-order valence-corrected chi connectivity index (χ0v) is 16.3. The molecule has 1 fully saturated rings. The van der Waals surface area contributed by atoms with Gasteiger partial charge in [0.2, 0.25) is 0 Å². The van der Waals surface area contributed by atoms with E-state index >= 15 is 0 Å². The number of carboxylic acid groups (broad SMARTS) is 1. The number of ether oxygens (including phenoxy) is 1. The Kier molecular flexibility index (Phi) is 7.04. The average molecular weight is 385 g/mol. The summed E-state index contributed by atoms with van der Waals surface area (Å²) in [4.78, 5) is 10.6. The molecule has 150 valence electrons. The first-order valence-corrected chi connectivity index (χ1v) is 10.0. The fraction of sp³-hybridized carbons (Fsp3) is 0.435. The molecule has 2 aromatic rings. The van der Waals surface area contributed by atoms with E-state index in [9.17, 15) is 9.18 Å². The van der Waals surface area contributed by atoms with Crippen LogP contribution in [0.15, 0.2) is 42.5 Å². The van der Waals surface area contributed by atoms with Gasteiger partial charge in [0.1, 0.15) is 11.6 Å². The van der Waals surface area contributed by atoms with Crippen LogP contribution in [0.3, 0.4) is 0 Å². The minimum Gasteiger partial charge on any atom is -0.490 e. The number of benzene rings is 2. The summed E-state index contributed by atoms with van der Waals surface area (Å²) in [5, 5.41) is 11.4. The van der Waals surface area contributed by atoms with Crippen LogP contribution in [0.25, 0.3) is 11.1 Å². The van der Waals surface area contributed by atoms with Gasteiger partial charge in [-0.05, 0) is 49.3 Å². The normalized spacial score (nSPS) is 19.4. The molecule has 0 aliphatic heterocycles. The van der Waals surface area contributed by atoms with Crippen LogP contribution in [0.5, 0.6) is 5.75 Å². The van der Waals surface area contributed by atoms with Crippen LogP contribution in [0.1, 0.15) is 44.6 Å². The lowest BCUT2D eigenvalue weighted by atomic mass is 9.86. The Bertz CT molecular complexity index is 783. The monoisotopic (exact) mass is 385 g/mol. The molecule has 0 atom stereocenters. The van der Waals surface area contributed by atoms with Crippen LogP contribution < -0.4 is 10.1 Å². The molecule has 28 heavy (non-hydrogen) atoms. The van der Waals surface area contributed by atoms with E-state index in [4.69, 9.17) is 9.84 Å². The minimum atomic E-state index is -0.963. The number of carboxylic acids is 1. The lowest BCUT2D eigenvalue weighted by Gasteiger charge is -2.28. The molecule has 0 heterocycles. The van der Waals surface area contributed by atoms with Gasteiger partial charge in [0.15, 0.2) is 0 Å². The van der Waals surface area contributed by atoms with Crippen molar-refractivity contribution < 1.29 is 19.0 Å². The van der Waals surface area contributed by atoms with Crippen molar-refractivity contribution in [3.05, 3.63) is 53.8 Å². The first kappa shape index (κ1) is 20.3. The maximum atomic E-state index is 14.8. The van der Waals surface area contributed by atoms with Crippen molar-refractivity contribution in [3.8, 4) is 16.9 Å². The summed E-state index contributed by atoms with van der Waals surface area (Å²) in [6, 6.07) is 12.7. The first-order chi connectivity index (χ1) is 13.6. The van der Waals surface area contributed by atoms with Crippen molar-refractivity contribution in [1.82, 2.24) is 5.32 Å². The molecule has 0 amide bonds. The molecule has 0 saturated heterocycles. The van der Waals surface area contributed by atoms with Crippen molar-refractivity contribution >= 4 is 5.97 Å². The second kappa shape index (κ2) is 9.69. The topological polar surface area (TPSA) is 58.6 Å². The van der Waals surface area contributed by atoms with Crippen molar-refractivity contribution in [3.63, 3.8) is 0 Å². The Morgan fingerprint density at radius 2 is 1.86 bits per heavy atom. The highest BCUT2D eigenvalue weighted by atomic mass is 19.1. The van der Waals surface area contributed by atoms with E-state index in [1.54, 1.807) is 18.2 Å². The molecule has 5 heteroatoms. The zero-order chi connectivity index (χ0) is 19.9. The van der Waals surface area contributed by atoms with Gasteiger partial charge >= 0.3 is 5.97 Å². The third-order valence-corrected chi connectivity index (χ3v) is 5.51. The second-order valence-electron chi connectivity index (χ2n) is 7.47. The van der Waals surface area contributed by atoms with Crippen LogP contribution in [0.4, 0.5) is 4.39 Å².